The van der Waals surface area contributed by atoms with Gasteiger partial charge >= 0.3 is 0 Å². The number of para-hydroxylation sites is 2. The SMILES string of the molecule is CC1(C)Nc2ccccc2N(Cc2c(F)cccc2Cl)C1=O. The Balaban J connectivity index is 2.07. The van der Waals surface area contributed by atoms with Crippen molar-refractivity contribution in [1.82, 2.24) is 0 Å². The van der Waals surface area contributed by atoms with Gasteiger partial charge in [-0.1, -0.05) is 29.8 Å². The largest absolute Gasteiger partial charge is 0.370 e. The number of nitrogens with zero attached hydrogens (tertiary/aromatic N) is 1. The molecule has 1 amide bonds. The molecule has 1 aliphatic rings. The van der Waals surface area contributed by atoms with Crippen LogP contribution in [0.5, 0.6) is 0 Å². The first kappa shape index (κ1) is 14.9. The molecular formula is C17H16ClFN2O. The van der Waals surface area contributed by atoms with Crippen LogP contribution in [-0.2, 0) is 11.3 Å². The topological polar surface area (TPSA) is 32.3 Å². The molecule has 1 heterocycles. The lowest BCUT2D eigenvalue weighted by atomic mass is 9.97. The number of benzene rings is 2. The molecular weight excluding hydrogens is 303 g/mol. The van der Waals surface area contributed by atoms with Gasteiger partial charge in [0, 0.05) is 10.6 Å². The van der Waals surface area contributed by atoms with E-state index >= 15 is 0 Å². The maximum absolute atomic E-state index is 14.1. The minimum atomic E-state index is -0.758. The lowest BCUT2D eigenvalue weighted by Gasteiger charge is -2.40. The minimum absolute atomic E-state index is 0.104. The normalized spacial score (nSPS) is 16.2. The number of carbonyl (C=O) groups is 1. The fourth-order valence-corrected chi connectivity index (χ4v) is 2.87. The van der Waals surface area contributed by atoms with Gasteiger partial charge in [-0.3, -0.25) is 4.79 Å². The van der Waals surface area contributed by atoms with Gasteiger partial charge in [-0.15, -0.1) is 0 Å². The predicted octanol–water partition coefficient (Wildman–Crippen LogP) is 4.22. The summed E-state index contributed by atoms with van der Waals surface area (Å²) in [5, 5.41) is 3.53. The zero-order chi connectivity index (χ0) is 15.9. The molecule has 0 radical (unpaired) electrons. The zero-order valence-corrected chi connectivity index (χ0v) is 13.1. The Labute approximate surface area is 133 Å². The van der Waals surface area contributed by atoms with E-state index in [2.05, 4.69) is 5.32 Å². The lowest BCUT2D eigenvalue weighted by Crippen LogP contribution is -2.53. The summed E-state index contributed by atoms with van der Waals surface area (Å²) >= 11 is 6.10. The molecule has 0 aliphatic carbocycles. The first-order valence-corrected chi connectivity index (χ1v) is 7.40. The number of hydrogen-bond donors (Lipinski definition) is 1. The van der Waals surface area contributed by atoms with E-state index in [0.717, 1.165) is 11.4 Å². The van der Waals surface area contributed by atoms with E-state index in [4.69, 9.17) is 11.6 Å². The first-order valence-electron chi connectivity index (χ1n) is 7.02. The third-order valence-electron chi connectivity index (χ3n) is 3.80. The number of anilines is 2. The van der Waals surface area contributed by atoms with Crippen molar-refractivity contribution >= 4 is 28.9 Å². The molecule has 5 heteroatoms. The van der Waals surface area contributed by atoms with E-state index in [9.17, 15) is 9.18 Å². The Hall–Kier alpha value is -2.07. The van der Waals surface area contributed by atoms with E-state index in [1.54, 1.807) is 30.9 Å². The van der Waals surface area contributed by atoms with Gasteiger partial charge in [-0.05, 0) is 38.1 Å². The molecule has 2 aromatic carbocycles. The predicted molar refractivity (Wildman–Crippen MR) is 86.7 cm³/mol. The fraction of sp³-hybridized carbons (Fsp3) is 0.235. The van der Waals surface area contributed by atoms with Crippen LogP contribution in [0.3, 0.4) is 0 Å². The van der Waals surface area contributed by atoms with Crippen LogP contribution in [0, 0.1) is 5.82 Å². The number of nitrogens with one attached hydrogen (secondary N) is 1. The average molecular weight is 319 g/mol. The van der Waals surface area contributed by atoms with Crippen LogP contribution >= 0.6 is 11.6 Å². The summed E-state index contributed by atoms with van der Waals surface area (Å²) in [4.78, 5) is 14.3. The van der Waals surface area contributed by atoms with Gasteiger partial charge in [0.2, 0.25) is 0 Å². The van der Waals surface area contributed by atoms with E-state index in [1.807, 2.05) is 24.3 Å². The van der Waals surface area contributed by atoms with Crippen LogP contribution in [0.15, 0.2) is 42.5 Å². The first-order chi connectivity index (χ1) is 10.4. The van der Waals surface area contributed by atoms with Crippen molar-refractivity contribution in [2.45, 2.75) is 25.9 Å². The molecule has 3 rings (SSSR count). The van der Waals surface area contributed by atoms with E-state index in [0.29, 0.717) is 10.6 Å². The quantitative estimate of drug-likeness (QED) is 0.899. The van der Waals surface area contributed by atoms with Crippen molar-refractivity contribution in [2.24, 2.45) is 0 Å². The monoisotopic (exact) mass is 318 g/mol. The van der Waals surface area contributed by atoms with Crippen molar-refractivity contribution in [2.75, 3.05) is 10.2 Å². The summed E-state index contributed by atoms with van der Waals surface area (Å²) < 4.78 is 14.1. The molecule has 2 aromatic rings. The van der Waals surface area contributed by atoms with Gasteiger partial charge in [0.15, 0.2) is 0 Å². The molecule has 0 saturated carbocycles. The van der Waals surface area contributed by atoms with Crippen LogP contribution in [-0.4, -0.2) is 11.4 Å². The molecule has 1 aliphatic heterocycles. The Morgan fingerprint density at radius 1 is 1.18 bits per heavy atom. The minimum Gasteiger partial charge on any atom is -0.370 e. The van der Waals surface area contributed by atoms with Crippen molar-refractivity contribution < 1.29 is 9.18 Å². The molecule has 0 unspecified atom stereocenters. The van der Waals surface area contributed by atoms with Crippen LogP contribution in [0.25, 0.3) is 0 Å². The highest BCUT2D eigenvalue weighted by molar-refractivity contribution is 6.31. The number of halogens is 2. The van der Waals surface area contributed by atoms with E-state index in [-0.39, 0.29) is 12.5 Å². The number of hydrogen-bond acceptors (Lipinski definition) is 2. The van der Waals surface area contributed by atoms with Gasteiger partial charge in [0.1, 0.15) is 11.4 Å². The molecule has 22 heavy (non-hydrogen) atoms. The second-order valence-corrected chi connectivity index (χ2v) is 6.27. The summed E-state index contributed by atoms with van der Waals surface area (Å²) in [6, 6.07) is 12.0. The molecule has 0 saturated heterocycles. The molecule has 114 valence electrons. The highest BCUT2D eigenvalue weighted by atomic mass is 35.5. The molecule has 0 spiro atoms. The third kappa shape index (κ3) is 2.44. The zero-order valence-electron chi connectivity index (χ0n) is 12.4. The lowest BCUT2D eigenvalue weighted by molar-refractivity contribution is -0.122. The van der Waals surface area contributed by atoms with Crippen molar-refractivity contribution in [3.05, 3.63) is 58.9 Å². The average Bonchev–Trinajstić information content (AvgIpc) is 2.46. The van der Waals surface area contributed by atoms with Gasteiger partial charge in [-0.25, -0.2) is 4.39 Å². The van der Waals surface area contributed by atoms with Crippen LogP contribution in [0.1, 0.15) is 19.4 Å². The molecule has 0 atom stereocenters. The Morgan fingerprint density at radius 2 is 1.91 bits per heavy atom. The Kier molecular flexibility index (Phi) is 3.57. The molecule has 0 aromatic heterocycles. The highest BCUT2D eigenvalue weighted by Crippen LogP contribution is 2.36. The molecule has 0 bridgehead atoms. The summed E-state index contributed by atoms with van der Waals surface area (Å²) in [5.41, 5.74) is 1.14. The van der Waals surface area contributed by atoms with Gasteiger partial charge in [-0.2, -0.15) is 0 Å². The van der Waals surface area contributed by atoms with Gasteiger partial charge < -0.3 is 10.2 Å². The standard InChI is InChI=1S/C17H16ClFN2O/c1-17(2)16(22)21(15-9-4-3-8-14(15)20-17)10-11-12(18)6-5-7-13(11)19/h3-9,20H,10H2,1-2H3. The number of rotatable bonds is 2. The third-order valence-corrected chi connectivity index (χ3v) is 4.15. The van der Waals surface area contributed by atoms with Gasteiger partial charge in [0.05, 0.1) is 17.9 Å². The molecule has 0 fully saturated rings. The maximum atomic E-state index is 14.1. The maximum Gasteiger partial charge on any atom is 0.252 e. The van der Waals surface area contributed by atoms with E-state index < -0.39 is 11.4 Å². The second kappa shape index (κ2) is 5.29. The summed E-state index contributed by atoms with van der Waals surface area (Å²) in [7, 11) is 0. The Bertz CT molecular complexity index is 725. The van der Waals surface area contributed by atoms with Gasteiger partial charge in [0.25, 0.3) is 5.91 Å². The van der Waals surface area contributed by atoms with Crippen LogP contribution in [0.2, 0.25) is 5.02 Å². The van der Waals surface area contributed by atoms with E-state index in [1.165, 1.54) is 6.07 Å². The smallest absolute Gasteiger partial charge is 0.252 e. The summed E-state index contributed by atoms with van der Waals surface area (Å²) in [5.74, 6) is -0.528. The van der Waals surface area contributed by atoms with Crippen molar-refractivity contribution in [1.29, 1.82) is 0 Å². The number of carbonyl (C=O) groups excluding carboxylic acids is 1. The second-order valence-electron chi connectivity index (χ2n) is 5.86. The highest BCUT2D eigenvalue weighted by Gasteiger charge is 2.38. The van der Waals surface area contributed by atoms with Crippen LogP contribution < -0.4 is 10.2 Å². The summed E-state index contributed by atoms with van der Waals surface area (Å²) in [6.45, 7) is 3.72. The van der Waals surface area contributed by atoms with Crippen molar-refractivity contribution in [3.63, 3.8) is 0 Å². The number of amides is 1. The summed E-state index contributed by atoms with van der Waals surface area (Å²) in [6.07, 6.45) is 0. The van der Waals surface area contributed by atoms with Crippen molar-refractivity contribution in [3.8, 4) is 0 Å². The fourth-order valence-electron chi connectivity index (χ4n) is 2.65. The molecule has 1 N–H and O–H groups in total. The Morgan fingerprint density at radius 3 is 2.64 bits per heavy atom. The number of fused-ring (bicyclic) bond motifs is 1. The molecule has 3 nitrogen and oxygen atoms in total. The van der Waals surface area contributed by atoms with Crippen LogP contribution in [0.4, 0.5) is 15.8 Å².